The van der Waals surface area contributed by atoms with E-state index in [-0.39, 0.29) is 24.3 Å². The third kappa shape index (κ3) is 4.68. The first-order valence-electron chi connectivity index (χ1n) is 6.91. The van der Waals surface area contributed by atoms with E-state index in [0.29, 0.717) is 6.54 Å². The molecule has 0 radical (unpaired) electrons. The fourth-order valence-corrected chi connectivity index (χ4v) is 3.77. The predicted molar refractivity (Wildman–Crippen MR) is 87.0 cm³/mol. The zero-order valence-electron chi connectivity index (χ0n) is 11.9. The number of nitrogens with zero attached hydrogens (tertiary/aromatic N) is 1. The molecule has 0 aromatic carbocycles. The number of methoxy groups -OCH3 is 1. The van der Waals surface area contributed by atoms with Gasteiger partial charge in [0.1, 0.15) is 0 Å². The number of carbonyl (C=O) groups is 2. The maximum atomic E-state index is 12.3. The maximum Gasteiger partial charge on any atom is 0.307 e. The van der Waals surface area contributed by atoms with Crippen LogP contribution in [0.5, 0.6) is 0 Å². The first kappa shape index (κ1) is 16.2. The first-order chi connectivity index (χ1) is 10.1. The molecule has 0 aliphatic carbocycles. The highest BCUT2D eigenvalue weighted by Crippen LogP contribution is 2.24. The van der Waals surface area contributed by atoms with Crippen LogP contribution >= 0.6 is 27.3 Å². The summed E-state index contributed by atoms with van der Waals surface area (Å²) in [6.45, 7) is 0.707. The number of hydrogen-bond acceptors (Lipinski definition) is 4. The van der Waals surface area contributed by atoms with Crippen LogP contribution in [0.2, 0.25) is 0 Å². The number of amides is 1. The molecule has 6 heteroatoms. The summed E-state index contributed by atoms with van der Waals surface area (Å²) in [5, 5.41) is 0. The van der Waals surface area contributed by atoms with Crippen molar-refractivity contribution < 1.29 is 14.3 Å². The number of halogens is 1. The Balaban J connectivity index is 2.01. The molecule has 1 atom stereocenters. The van der Waals surface area contributed by atoms with Crippen molar-refractivity contribution in [3.05, 3.63) is 26.9 Å². The second kappa shape index (κ2) is 7.75. The van der Waals surface area contributed by atoms with Crippen LogP contribution < -0.4 is 0 Å². The third-order valence-electron chi connectivity index (χ3n) is 3.52. The first-order valence-corrected chi connectivity index (χ1v) is 8.52. The molecule has 0 N–H and O–H groups in total. The molecular weight excluding hydrogens is 354 g/mol. The van der Waals surface area contributed by atoms with Gasteiger partial charge in [0.2, 0.25) is 5.91 Å². The average Bonchev–Trinajstić information content (AvgIpc) is 2.91. The predicted octanol–water partition coefficient (Wildman–Crippen LogP) is 3.47. The Morgan fingerprint density at radius 3 is 2.95 bits per heavy atom. The van der Waals surface area contributed by atoms with Crippen molar-refractivity contribution in [1.29, 1.82) is 0 Å². The fourth-order valence-electron chi connectivity index (χ4n) is 2.45. The van der Waals surface area contributed by atoms with Gasteiger partial charge in [-0.15, -0.1) is 11.3 Å². The lowest BCUT2D eigenvalue weighted by atomic mass is 9.99. The Kier molecular flexibility index (Phi) is 5.99. The van der Waals surface area contributed by atoms with Crippen LogP contribution in [0.15, 0.2) is 22.0 Å². The minimum Gasteiger partial charge on any atom is -0.469 e. The molecule has 1 aromatic rings. The zero-order chi connectivity index (χ0) is 15.2. The molecular formula is C15H18BrNO3S. The summed E-state index contributed by atoms with van der Waals surface area (Å²) in [5.74, 6) is -0.293. The Morgan fingerprint density at radius 2 is 2.29 bits per heavy atom. The van der Waals surface area contributed by atoms with Crippen molar-refractivity contribution in [2.75, 3.05) is 13.7 Å². The van der Waals surface area contributed by atoms with Crippen molar-refractivity contribution in [1.82, 2.24) is 4.90 Å². The smallest absolute Gasteiger partial charge is 0.307 e. The van der Waals surface area contributed by atoms with E-state index in [0.717, 1.165) is 27.9 Å². The van der Waals surface area contributed by atoms with E-state index in [2.05, 4.69) is 15.9 Å². The van der Waals surface area contributed by atoms with Gasteiger partial charge in [0.15, 0.2) is 0 Å². The minimum absolute atomic E-state index is 0.0341. The van der Waals surface area contributed by atoms with E-state index < -0.39 is 0 Å². The van der Waals surface area contributed by atoms with Gasteiger partial charge in [-0.2, -0.15) is 0 Å². The molecule has 1 aliphatic heterocycles. The van der Waals surface area contributed by atoms with Crippen molar-refractivity contribution in [3.63, 3.8) is 0 Å². The van der Waals surface area contributed by atoms with Gasteiger partial charge in [0.05, 0.1) is 17.3 Å². The van der Waals surface area contributed by atoms with Gasteiger partial charge >= 0.3 is 5.97 Å². The Bertz CT molecular complexity index is 541. The normalized spacial score (nSPS) is 19.0. The fraction of sp³-hybridized carbons (Fsp3) is 0.467. The Morgan fingerprint density at radius 1 is 1.48 bits per heavy atom. The number of thiophene rings is 1. The molecule has 0 saturated carbocycles. The summed E-state index contributed by atoms with van der Waals surface area (Å²) in [6.07, 6.45) is 6.59. The molecule has 4 nitrogen and oxygen atoms in total. The van der Waals surface area contributed by atoms with Crippen LogP contribution in [0.25, 0.3) is 6.08 Å². The number of piperidine rings is 1. The van der Waals surface area contributed by atoms with E-state index in [1.54, 1.807) is 22.3 Å². The summed E-state index contributed by atoms with van der Waals surface area (Å²) in [7, 11) is 1.38. The standard InChI is InChI=1S/C15H18BrNO3S/c1-20-15(19)10-11-4-2-3-9-17(11)14(18)8-6-12-5-7-13(16)21-12/h5-8,11H,2-4,9-10H2,1H3. The van der Waals surface area contributed by atoms with Crippen LogP contribution in [0.1, 0.15) is 30.6 Å². The third-order valence-corrected chi connectivity index (χ3v) is 5.11. The number of rotatable bonds is 4. The molecule has 1 amide bonds. The molecule has 2 rings (SSSR count). The quantitative estimate of drug-likeness (QED) is 0.601. The lowest BCUT2D eigenvalue weighted by Crippen LogP contribution is -2.44. The number of hydrogen-bond donors (Lipinski definition) is 0. The van der Waals surface area contributed by atoms with Crippen molar-refractivity contribution in [2.24, 2.45) is 0 Å². The molecule has 1 aromatic heterocycles. The van der Waals surface area contributed by atoms with E-state index in [1.165, 1.54) is 7.11 Å². The van der Waals surface area contributed by atoms with E-state index >= 15 is 0 Å². The highest BCUT2D eigenvalue weighted by Gasteiger charge is 2.27. The van der Waals surface area contributed by atoms with Crippen LogP contribution in [0, 0.1) is 0 Å². The SMILES string of the molecule is COC(=O)CC1CCCCN1C(=O)C=Cc1ccc(Br)s1. The minimum atomic E-state index is -0.258. The van der Waals surface area contributed by atoms with E-state index in [1.807, 2.05) is 18.2 Å². The van der Waals surface area contributed by atoms with Gasteiger partial charge in [0, 0.05) is 23.5 Å². The van der Waals surface area contributed by atoms with Crippen molar-refractivity contribution in [2.45, 2.75) is 31.7 Å². The van der Waals surface area contributed by atoms with Crippen LogP contribution in [0.4, 0.5) is 0 Å². The number of esters is 1. The van der Waals surface area contributed by atoms with E-state index in [9.17, 15) is 9.59 Å². The second-order valence-electron chi connectivity index (χ2n) is 4.94. The topological polar surface area (TPSA) is 46.6 Å². The van der Waals surface area contributed by atoms with Gasteiger partial charge in [-0.25, -0.2) is 0 Å². The summed E-state index contributed by atoms with van der Waals surface area (Å²) in [4.78, 5) is 26.6. The summed E-state index contributed by atoms with van der Waals surface area (Å²) in [5.41, 5.74) is 0. The highest BCUT2D eigenvalue weighted by atomic mass is 79.9. The largest absolute Gasteiger partial charge is 0.469 e. The molecule has 21 heavy (non-hydrogen) atoms. The van der Waals surface area contributed by atoms with Crippen molar-refractivity contribution >= 4 is 45.2 Å². The van der Waals surface area contributed by atoms with Gasteiger partial charge in [-0.3, -0.25) is 9.59 Å². The molecule has 1 fully saturated rings. The summed E-state index contributed by atoms with van der Waals surface area (Å²) < 4.78 is 5.75. The average molecular weight is 372 g/mol. The van der Waals surface area contributed by atoms with Crippen LogP contribution in [0.3, 0.4) is 0 Å². The molecule has 2 heterocycles. The highest BCUT2D eigenvalue weighted by molar-refractivity contribution is 9.11. The number of likely N-dealkylation sites (tertiary alicyclic amines) is 1. The lowest BCUT2D eigenvalue weighted by Gasteiger charge is -2.34. The zero-order valence-corrected chi connectivity index (χ0v) is 14.3. The Labute approximate surface area is 136 Å². The van der Waals surface area contributed by atoms with Gasteiger partial charge in [-0.1, -0.05) is 0 Å². The summed E-state index contributed by atoms with van der Waals surface area (Å²) >= 11 is 4.97. The lowest BCUT2D eigenvalue weighted by molar-refractivity contribution is -0.143. The molecule has 1 aliphatic rings. The van der Waals surface area contributed by atoms with Crippen molar-refractivity contribution in [3.8, 4) is 0 Å². The van der Waals surface area contributed by atoms with E-state index in [4.69, 9.17) is 4.74 Å². The second-order valence-corrected chi connectivity index (χ2v) is 7.43. The molecule has 114 valence electrons. The molecule has 1 unspecified atom stereocenters. The summed E-state index contributed by atoms with van der Waals surface area (Å²) in [6, 6.07) is 3.87. The van der Waals surface area contributed by atoms with Crippen LogP contribution in [-0.2, 0) is 14.3 Å². The number of ether oxygens (including phenoxy) is 1. The Hall–Kier alpha value is -1.14. The monoisotopic (exact) mass is 371 g/mol. The molecule has 1 saturated heterocycles. The van der Waals surface area contributed by atoms with Gasteiger partial charge in [-0.05, 0) is 53.4 Å². The van der Waals surface area contributed by atoms with Crippen LogP contribution in [-0.4, -0.2) is 36.5 Å². The molecule has 0 bridgehead atoms. The number of carbonyl (C=O) groups excluding carboxylic acids is 2. The molecule has 0 spiro atoms. The maximum absolute atomic E-state index is 12.3. The van der Waals surface area contributed by atoms with Gasteiger partial charge < -0.3 is 9.64 Å². The van der Waals surface area contributed by atoms with Gasteiger partial charge in [0.25, 0.3) is 0 Å².